The van der Waals surface area contributed by atoms with Crippen molar-refractivity contribution in [1.29, 1.82) is 0 Å². The van der Waals surface area contributed by atoms with E-state index in [-0.39, 0.29) is 31.6 Å². The number of aliphatic hydroxyl groups is 2. The predicted molar refractivity (Wildman–Crippen MR) is 106 cm³/mol. The SMILES string of the molecule is CC(=O)N1C/C=C\COC[C@H](O)[C@H](O)[C@@H](OCCC(C)C)CN(C(C)=O)CC1. The van der Waals surface area contributed by atoms with Crippen LogP contribution < -0.4 is 0 Å². The van der Waals surface area contributed by atoms with Gasteiger partial charge in [0.15, 0.2) is 0 Å². The molecule has 0 radical (unpaired) electrons. The van der Waals surface area contributed by atoms with Crippen LogP contribution in [0.1, 0.15) is 34.1 Å². The second kappa shape index (κ2) is 12.9. The Morgan fingerprint density at radius 3 is 2.39 bits per heavy atom. The van der Waals surface area contributed by atoms with Gasteiger partial charge in [-0.1, -0.05) is 26.0 Å². The van der Waals surface area contributed by atoms with Crippen molar-refractivity contribution >= 4 is 11.8 Å². The van der Waals surface area contributed by atoms with Crippen molar-refractivity contribution in [3.63, 3.8) is 0 Å². The first kappa shape index (κ1) is 24.6. The molecule has 0 saturated heterocycles. The minimum absolute atomic E-state index is 0.0496. The third-order valence-electron chi connectivity index (χ3n) is 4.73. The molecule has 0 fully saturated rings. The van der Waals surface area contributed by atoms with E-state index in [1.165, 1.54) is 13.8 Å². The fourth-order valence-electron chi connectivity index (χ4n) is 2.80. The van der Waals surface area contributed by atoms with Crippen molar-refractivity contribution in [2.75, 3.05) is 46.0 Å². The quantitative estimate of drug-likeness (QED) is 0.664. The molecule has 0 unspecified atom stereocenters. The Hall–Kier alpha value is -1.48. The maximum Gasteiger partial charge on any atom is 0.219 e. The van der Waals surface area contributed by atoms with E-state index in [0.717, 1.165) is 6.42 Å². The lowest BCUT2D eigenvalue weighted by Crippen LogP contribution is -2.50. The molecule has 0 bridgehead atoms. The van der Waals surface area contributed by atoms with Crippen molar-refractivity contribution in [3.8, 4) is 0 Å². The summed E-state index contributed by atoms with van der Waals surface area (Å²) in [5.41, 5.74) is 0. The monoisotopic (exact) mass is 400 g/mol. The van der Waals surface area contributed by atoms with Gasteiger partial charge >= 0.3 is 0 Å². The lowest BCUT2D eigenvalue weighted by Gasteiger charge is -2.33. The Bertz CT molecular complexity index is 511. The van der Waals surface area contributed by atoms with E-state index in [0.29, 0.717) is 32.2 Å². The topological polar surface area (TPSA) is 99.5 Å². The largest absolute Gasteiger partial charge is 0.388 e. The maximum atomic E-state index is 12.1. The van der Waals surface area contributed by atoms with E-state index in [4.69, 9.17) is 9.47 Å². The lowest BCUT2D eigenvalue weighted by atomic mass is 10.1. The van der Waals surface area contributed by atoms with Crippen LogP contribution in [0, 0.1) is 5.92 Å². The van der Waals surface area contributed by atoms with Crippen molar-refractivity contribution in [1.82, 2.24) is 9.80 Å². The molecule has 2 N–H and O–H groups in total. The molecule has 3 atom stereocenters. The zero-order valence-electron chi connectivity index (χ0n) is 17.5. The minimum Gasteiger partial charge on any atom is -0.388 e. The molecule has 0 aromatic carbocycles. The average molecular weight is 401 g/mol. The molecule has 28 heavy (non-hydrogen) atoms. The second-order valence-corrected chi connectivity index (χ2v) is 7.59. The van der Waals surface area contributed by atoms with Gasteiger partial charge in [-0.25, -0.2) is 0 Å². The van der Waals surface area contributed by atoms with Gasteiger partial charge < -0.3 is 29.5 Å². The van der Waals surface area contributed by atoms with Crippen LogP contribution in [-0.2, 0) is 19.1 Å². The summed E-state index contributed by atoms with van der Waals surface area (Å²) in [5.74, 6) is 0.173. The molecule has 0 spiro atoms. The first-order chi connectivity index (χ1) is 13.2. The third-order valence-corrected chi connectivity index (χ3v) is 4.73. The highest BCUT2D eigenvalue weighted by Crippen LogP contribution is 2.12. The van der Waals surface area contributed by atoms with Gasteiger partial charge in [-0.3, -0.25) is 9.59 Å². The van der Waals surface area contributed by atoms with E-state index < -0.39 is 18.3 Å². The third kappa shape index (κ3) is 9.14. The highest BCUT2D eigenvalue weighted by atomic mass is 16.5. The molecule has 1 aliphatic rings. The summed E-state index contributed by atoms with van der Waals surface area (Å²) in [6.45, 7) is 8.97. The molecule has 1 aliphatic heterocycles. The van der Waals surface area contributed by atoms with E-state index in [2.05, 4.69) is 13.8 Å². The van der Waals surface area contributed by atoms with E-state index in [1.807, 2.05) is 6.08 Å². The fraction of sp³-hybridized carbons (Fsp3) is 0.800. The number of amides is 2. The second-order valence-electron chi connectivity index (χ2n) is 7.59. The number of hydrogen-bond acceptors (Lipinski definition) is 6. The molecular weight excluding hydrogens is 364 g/mol. The number of hydrogen-bond donors (Lipinski definition) is 2. The Labute approximate surface area is 168 Å². The van der Waals surface area contributed by atoms with Crippen LogP contribution in [0.25, 0.3) is 0 Å². The van der Waals surface area contributed by atoms with Gasteiger partial charge in [0.1, 0.15) is 18.3 Å². The highest BCUT2D eigenvalue weighted by molar-refractivity contribution is 5.74. The summed E-state index contributed by atoms with van der Waals surface area (Å²) in [6, 6.07) is 0. The number of ether oxygens (including phenoxy) is 2. The van der Waals surface area contributed by atoms with E-state index >= 15 is 0 Å². The van der Waals surface area contributed by atoms with E-state index in [9.17, 15) is 19.8 Å². The normalized spacial score (nSPS) is 26.8. The van der Waals surface area contributed by atoms with Gasteiger partial charge in [-0.15, -0.1) is 0 Å². The van der Waals surface area contributed by atoms with Crippen molar-refractivity contribution in [2.45, 2.75) is 52.4 Å². The summed E-state index contributed by atoms with van der Waals surface area (Å²) < 4.78 is 11.2. The summed E-state index contributed by atoms with van der Waals surface area (Å²) in [7, 11) is 0. The number of carbonyl (C=O) groups is 2. The van der Waals surface area contributed by atoms with Crippen LogP contribution in [0.15, 0.2) is 12.2 Å². The number of nitrogens with zero attached hydrogens (tertiary/aromatic N) is 2. The molecule has 1 heterocycles. The number of rotatable bonds is 4. The van der Waals surface area contributed by atoms with Gasteiger partial charge in [-0.05, 0) is 12.3 Å². The van der Waals surface area contributed by atoms with Gasteiger partial charge in [0, 0.05) is 46.6 Å². The zero-order valence-corrected chi connectivity index (χ0v) is 17.5. The summed E-state index contributed by atoms with van der Waals surface area (Å²) in [6.07, 6.45) is 1.32. The van der Waals surface area contributed by atoms with Crippen LogP contribution >= 0.6 is 0 Å². The predicted octanol–water partition coefficient (Wildman–Crippen LogP) is 0.423. The van der Waals surface area contributed by atoms with E-state index in [1.54, 1.807) is 15.9 Å². The fourth-order valence-corrected chi connectivity index (χ4v) is 2.80. The lowest BCUT2D eigenvalue weighted by molar-refractivity contribution is -0.141. The summed E-state index contributed by atoms with van der Waals surface area (Å²) >= 11 is 0. The number of aliphatic hydroxyl groups excluding tert-OH is 2. The first-order valence-electron chi connectivity index (χ1n) is 9.93. The molecule has 0 aromatic rings. The van der Waals surface area contributed by atoms with Crippen molar-refractivity contribution in [3.05, 3.63) is 12.2 Å². The van der Waals surface area contributed by atoms with Crippen LogP contribution in [0.5, 0.6) is 0 Å². The molecule has 162 valence electrons. The smallest absolute Gasteiger partial charge is 0.219 e. The number of carbonyl (C=O) groups excluding carboxylic acids is 2. The Balaban J connectivity index is 2.95. The molecule has 2 amide bonds. The molecule has 0 saturated carbocycles. The van der Waals surface area contributed by atoms with Crippen LogP contribution in [0.3, 0.4) is 0 Å². The molecule has 1 rings (SSSR count). The van der Waals surface area contributed by atoms with Crippen LogP contribution in [-0.4, -0.2) is 96.1 Å². The Morgan fingerprint density at radius 1 is 1.14 bits per heavy atom. The van der Waals surface area contributed by atoms with Crippen molar-refractivity contribution < 1.29 is 29.3 Å². The minimum atomic E-state index is -1.19. The average Bonchev–Trinajstić information content (AvgIpc) is 2.62. The summed E-state index contributed by atoms with van der Waals surface area (Å²) in [4.78, 5) is 27.1. The van der Waals surface area contributed by atoms with Crippen molar-refractivity contribution in [2.24, 2.45) is 5.92 Å². The van der Waals surface area contributed by atoms with Gasteiger partial charge in [0.2, 0.25) is 11.8 Å². The zero-order chi connectivity index (χ0) is 21.1. The summed E-state index contributed by atoms with van der Waals surface area (Å²) in [5, 5.41) is 20.8. The maximum absolute atomic E-state index is 12.1. The van der Waals surface area contributed by atoms with Crippen LogP contribution in [0.4, 0.5) is 0 Å². The Morgan fingerprint density at radius 2 is 1.79 bits per heavy atom. The molecular formula is C20H36N2O6. The molecule has 0 aliphatic carbocycles. The van der Waals surface area contributed by atoms with Gasteiger partial charge in [-0.2, -0.15) is 0 Å². The molecule has 0 aromatic heterocycles. The standard InChI is InChI=1S/C20H36N2O6/c1-15(2)7-12-28-19-13-22(17(4)24)10-9-21(16(3)23)8-5-6-11-27-14-18(25)20(19)26/h5-6,15,18-20,25-26H,7-14H2,1-4H3/b6-5-/t18-,19-,20-/m0/s1. The van der Waals surface area contributed by atoms with Gasteiger partial charge in [0.25, 0.3) is 0 Å². The molecule has 8 heteroatoms. The van der Waals surface area contributed by atoms with Crippen LogP contribution in [0.2, 0.25) is 0 Å². The highest BCUT2D eigenvalue weighted by Gasteiger charge is 2.30. The first-order valence-corrected chi connectivity index (χ1v) is 9.93. The molecule has 8 nitrogen and oxygen atoms in total. The Kier molecular flexibility index (Phi) is 11.3. The van der Waals surface area contributed by atoms with Gasteiger partial charge in [0.05, 0.1) is 13.2 Å².